The Hall–Kier alpha value is -1.06. The standard InChI is InChI=1S/C11H19NO3/c1-4-9-5-6-11(7-9,10(14)15)12(3)8(2)13/h9H,4-7H2,1-3H3,(H,14,15). The maximum Gasteiger partial charge on any atom is 0.329 e. The molecule has 1 amide bonds. The molecule has 4 heteroatoms. The molecule has 1 aliphatic rings. The molecule has 1 aliphatic carbocycles. The Bertz CT molecular complexity index is 277. The molecule has 86 valence electrons. The van der Waals surface area contributed by atoms with Gasteiger partial charge in [0.15, 0.2) is 0 Å². The molecule has 2 atom stereocenters. The van der Waals surface area contributed by atoms with Crippen LogP contribution in [-0.2, 0) is 9.59 Å². The highest BCUT2D eigenvalue weighted by Crippen LogP contribution is 2.40. The van der Waals surface area contributed by atoms with E-state index in [1.54, 1.807) is 7.05 Å². The lowest BCUT2D eigenvalue weighted by Crippen LogP contribution is -2.53. The summed E-state index contributed by atoms with van der Waals surface area (Å²) in [6.45, 7) is 3.49. The Kier molecular flexibility index (Phi) is 3.37. The van der Waals surface area contributed by atoms with Crippen molar-refractivity contribution in [2.75, 3.05) is 7.05 Å². The third-order valence-corrected chi connectivity index (χ3v) is 3.68. The quantitative estimate of drug-likeness (QED) is 0.772. The predicted molar refractivity (Wildman–Crippen MR) is 56.4 cm³/mol. The molecule has 0 radical (unpaired) electrons. The number of carbonyl (C=O) groups is 2. The molecule has 0 aromatic heterocycles. The normalized spacial score (nSPS) is 30.2. The monoisotopic (exact) mass is 213 g/mol. The second kappa shape index (κ2) is 4.21. The van der Waals surface area contributed by atoms with Gasteiger partial charge in [-0.05, 0) is 25.2 Å². The first-order chi connectivity index (χ1) is 6.94. The van der Waals surface area contributed by atoms with Crippen LogP contribution in [0.3, 0.4) is 0 Å². The van der Waals surface area contributed by atoms with Gasteiger partial charge >= 0.3 is 5.97 Å². The number of carboxylic acids is 1. The number of rotatable bonds is 3. The molecule has 1 fully saturated rings. The van der Waals surface area contributed by atoms with E-state index in [9.17, 15) is 14.7 Å². The molecule has 0 aromatic carbocycles. The zero-order valence-corrected chi connectivity index (χ0v) is 9.62. The molecular weight excluding hydrogens is 194 g/mol. The maximum absolute atomic E-state index is 11.3. The number of aliphatic carboxylic acids is 1. The Labute approximate surface area is 90.3 Å². The van der Waals surface area contributed by atoms with Gasteiger partial charge < -0.3 is 10.0 Å². The van der Waals surface area contributed by atoms with Crippen molar-refractivity contribution in [2.45, 2.75) is 45.1 Å². The van der Waals surface area contributed by atoms with E-state index in [0.29, 0.717) is 18.8 Å². The van der Waals surface area contributed by atoms with Gasteiger partial charge in [-0.15, -0.1) is 0 Å². The largest absolute Gasteiger partial charge is 0.479 e. The number of carboxylic acid groups (broad SMARTS) is 1. The highest BCUT2D eigenvalue weighted by atomic mass is 16.4. The topological polar surface area (TPSA) is 57.6 Å². The minimum atomic E-state index is -0.952. The van der Waals surface area contributed by atoms with Crippen LogP contribution in [-0.4, -0.2) is 34.5 Å². The molecule has 0 heterocycles. The van der Waals surface area contributed by atoms with Crippen molar-refractivity contribution >= 4 is 11.9 Å². The highest BCUT2D eigenvalue weighted by Gasteiger charge is 2.49. The summed E-state index contributed by atoms with van der Waals surface area (Å²) >= 11 is 0. The lowest BCUT2D eigenvalue weighted by atomic mass is 9.93. The van der Waals surface area contributed by atoms with Crippen LogP contribution in [0, 0.1) is 5.92 Å². The Morgan fingerprint density at radius 1 is 1.53 bits per heavy atom. The molecule has 0 saturated heterocycles. The number of hydrogen-bond donors (Lipinski definition) is 1. The molecular formula is C11H19NO3. The van der Waals surface area contributed by atoms with Crippen molar-refractivity contribution < 1.29 is 14.7 Å². The Morgan fingerprint density at radius 3 is 2.47 bits per heavy atom. The first-order valence-electron chi connectivity index (χ1n) is 5.42. The van der Waals surface area contributed by atoms with E-state index < -0.39 is 11.5 Å². The summed E-state index contributed by atoms with van der Waals surface area (Å²) in [5.41, 5.74) is -0.952. The van der Waals surface area contributed by atoms with Crippen molar-refractivity contribution in [3.63, 3.8) is 0 Å². The lowest BCUT2D eigenvalue weighted by Gasteiger charge is -2.34. The predicted octanol–water partition coefficient (Wildman–Crippen LogP) is 1.50. The van der Waals surface area contributed by atoms with Gasteiger partial charge in [0.25, 0.3) is 0 Å². The Morgan fingerprint density at radius 2 is 2.13 bits per heavy atom. The molecule has 0 bridgehead atoms. The number of likely N-dealkylation sites (N-methyl/N-ethyl adjacent to an activating group) is 1. The molecule has 1 rings (SSSR count). The van der Waals surface area contributed by atoms with E-state index in [2.05, 4.69) is 6.92 Å². The third-order valence-electron chi connectivity index (χ3n) is 3.68. The van der Waals surface area contributed by atoms with Crippen molar-refractivity contribution in [3.05, 3.63) is 0 Å². The summed E-state index contributed by atoms with van der Waals surface area (Å²) < 4.78 is 0. The van der Waals surface area contributed by atoms with Crippen molar-refractivity contribution in [2.24, 2.45) is 5.92 Å². The fourth-order valence-corrected chi connectivity index (χ4v) is 2.42. The number of hydrogen-bond acceptors (Lipinski definition) is 2. The first kappa shape index (κ1) is 12.0. The second-order valence-corrected chi connectivity index (χ2v) is 4.43. The van der Waals surface area contributed by atoms with Gasteiger partial charge in [0.05, 0.1) is 0 Å². The van der Waals surface area contributed by atoms with Gasteiger partial charge in [-0.25, -0.2) is 4.79 Å². The fourth-order valence-electron chi connectivity index (χ4n) is 2.42. The Balaban J connectivity index is 2.91. The van der Waals surface area contributed by atoms with E-state index in [4.69, 9.17) is 0 Å². The van der Waals surface area contributed by atoms with Gasteiger partial charge in [-0.1, -0.05) is 13.3 Å². The van der Waals surface area contributed by atoms with Gasteiger partial charge in [0.1, 0.15) is 5.54 Å². The molecule has 15 heavy (non-hydrogen) atoms. The summed E-state index contributed by atoms with van der Waals surface area (Å²) in [4.78, 5) is 24.0. The SMILES string of the molecule is CCC1CCC(C(=O)O)(N(C)C(C)=O)C1. The molecule has 1 N–H and O–H groups in total. The van der Waals surface area contributed by atoms with Crippen LogP contribution in [0.1, 0.15) is 39.5 Å². The van der Waals surface area contributed by atoms with Crippen molar-refractivity contribution in [3.8, 4) is 0 Å². The van der Waals surface area contributed by atoms with Crippen LogP contribution in [0.5, 0.6) is 0 Å². The number of nitrogens with zero attached hydrogens (tertiary/aromatic N) is 1. The lowest BCUT2D eigenvalue weighted by molar-refractivity contribution is -0.156. The second-order valence-electron chi connectivity index (χ2n) is 4.43. The molecule has 0 spiro atoms. The minimum absolute atomic E-state index is 0.172. The number of carbonyl (C=O) groups excluding carboxylic acids is 1. The van der Waals surface area contributed by atoms with Crippen LogP contribution >= 0.6 is 0 Å². The van der Waals surface area contributed by atoms with Crippen LogP contribution in [0.15, 0.2) is 0 Å². The van der Waals surface area contributed by atoms with E-state index in [-0.39, 0.29) is 5.91 Å². The molecule has 4 nitrogen and oxygen atoms in total. The smallest absolute Gasteiger partial charge is 0.329 e. The zero-order valence-electron chi connectivity index (χ0n) is 9.62. The summed E-state index contributed by atoms with van der Waals surface area (Å²) in [5.74, 6) is -0.604. The van der Waals surface area contributed by atoms with Crippen molar-refractivity contribution in [1.82, 2.24) is 4.90 Å². The summed E-state index contributed by atoms with van der Waals surface area (Å²) in [7, 11) is 1.59. The minimum Gasteiger partial charge on any atom is -0.479 e. The average molecular weight is 213 g/mol. The van der Waals surface area contributed by atoms with E-state index in [1.807, 2.05) is 0 Å². The maximum atomic E-state index is 11.3. The summed E-state index contributed by atoms with van der Waals surface area (Å²) in [5, 5.41) is 9.30. The summed E-state index contributed by atoms with van der Waals surface area (Å²) in [6, 6.07) is 0. The van der Waals surface area contributed by atoms with Crippen LogP contribution in [0.2, 0.25) is 0 Å². The van der Waals surface area contributed by atoms with Gasteiger partial charge in [-0.3, -0.25) is 4.79 Å². The zero-order chi connectivity index (χ0) is 11.6. The van der Waals surface area contributed by atoms with Gasteiger partial charge in [0.2, 0.25) is 5.91 Å². The van der Waals surface area contributed by atoms with Crippen molar-refractivity contribution in [1.29, 1.82) is 0 Å². The average Bonchev–Trinajstić information content (AvgIpc) is 2.61. The highest BCUT2D eigenvalue weighted by molar-refractivity contribution is 5.86. The summed E-state index contributed by atoms with van der Waals surface area (Å²) in [6.07, 6.45) is 3.06. The van der Waals surface area contributed by atoms with Crippen LogP contribution in [0.25, 0.3) is 0 Å². The van der Waals surface area contributed by atoms with Gasteiger partial charge in [0, 0.05) is 14.0 Å². The molecule has 1 saturated carbocycles. The van der Waals surface area contributed by atoms with E-state index in [0.717, 1.165) is 12.8 Å². The van der Waals surface area contributed by atoms with Crippen LogP contribution < -0.4 is 0 Å². The third kappa shape index (κ3) is 1.98. The van der Waals surface area contributed by atoms with E-state index in [1.165, 1.54) is 11.8 Å². The van der Waals surface area contributed by atoms with E-state index >= 15 is 0 Å². The number of amides is 1. The molecule has 0 aliphatic heterocycles. The van der Waals surface area contributed by atoms with Gasteiger partial charge in [-0.2, -0.15) is 0 Å². The molecule has 0 aromatic rings. The fraction of sp³-hybridized carbons (Fsp3) is 0.818. The molecule has 2 unspecified atom stereocenters. The van der Waals surface area contributed by atoms with Crippen LogP contribution in [0.4, 0.5) is 0 Å². The first-order valence-corrected chi connectivity index (χ1v) is 5.42.